The van der Waals surface area contributed by atoms with Gasteiger partial charge in [-0.25, -0.2) is 4.39 Å². The molecule has 0 spiro atoms. The van der Waals surface area contributed by atoms with Crippen LogP contribution in [0, 0.1) is 5.82 Å². The summed E-state index contributed by atoms with van der Waals surface area (Å²) in [4.78, 5) is 11.3. The summed E-state index contributed by atoms with van der Waals surface area (Å²) in [6.07, 6.45) is 0.631. The molecule has 0 fully saturated rings. The Morgan fingerprint density at radius 3 is 2.71 bits per heavy atom. The van der Waals surface area contributed by atoms with E-state index < -0.39 is 5.82 Å². The van der Waals surface area contributed by atoms with Gasteiger partial charge in [0.15, 0.2) is 5.78 Å². The van der Waals surface area contributed by atoms with Crippen molar-refractivity contribution in [2.45, 2.75) is 6.42 Å². The smallest absolute Gasteiger partial charge is 0.878 e. The van der Waals surface area contributed by atoms with Gasteiger partial charge in [0.05, 0.1) is 0 Å². The van der Waals surface area contributed by atoms with Crippen molar-refractivity contribution < 1.29 is 43.8 Å². The monoisotopic (exact) mass is 200 g/mol. The van der Waals surface area contributed by atoms with Crippen molar-refractivity contribution in [2.24, 2.45) is 0 Å². The normalized spacial score (nSPS) is 16.6. The van der Waals surface area contributed by atoms with Crippen LogP contribution >= 0.6 is 0 Å². The van der Waals surface area contributed by atoms with Gasteiger partial charge in [-0.3, -0.25) is 4.79 Å². The fourth-order valence-electron chi connectivity index (χ4n) is 1.49. The number of carbonyl (C=O) groups excluding carboxylic acids is 1. The van der Waals surface area contributed by atoms with E-state index in [0.29, 0.717) is 17.4 Å². The molecule has 0 radical (unpaired) electrons. The van der Waals surface area contributed by atoms with Crippen LogP contribution < -0.4 is 34.7 Å². The van der Waals surface area contributed by atoms with Crippen LogP contribution in [-0.2, 0) is 6.42 Å². The zero-order valence-corrected chi connectivity index (χ0v) is 9.71. The number of carbonyl (C=O) groups is 1. The Hall–Kier alpha value is -0.640. The van der Waals surface area contributed by atoms with Crippen molar-refractivity contribution >= 4 is 5.78 Å². The van der Waals surface area contributed by atoms with Crippen molar-refractivity contribution in [1.82, 2.24) is 0 Å². The van der Waals surface area contributed by atoms with E-state index in [1.165, 1.54) is 18.2 Å². The fraction of sp³-hybridized carbons (Fsp3) is 0.100. The van der Waals surface area contributed by atoms with Gasteiger partial charge in [-0.1, -0.05) is 12.1 Å². The Kier molecular flexibility index (Phi) is 3.48. The van der Waals surface area contributed by atoms with Crippen LogP contribution in [0.3, 0.4) is 0 Å². The first-order chi connectivity index (χ1) is 6.24. The molecule has 0 unspecified atom stereocenters. The van der Waals surface area contributed by atoms with Gasteiger partial charge in [0.1, 0.15) is 5.82 Å². The molecule has 0 saturated heterocycles. The van der Waals surface area contributed by atoms with E-state index >= 15 is 0 Å². The number of hydrogen-bond donors (Lipinski definition) is 0. The molecule has 0 aliphatic heterocycles. The van der Waals surface area contributed by atoms with E-state index in [-0.39, 0.29) is 47.3 Å². The number of allylic oxidation sites excluding steroid dienone is 1. The molecule has 0 bridgehead atoms. The van der Waals surface area contributed by atoms with Gasteiger partial charge in [-0.15, -0.1) is 6.26 Å². The fourth-order valence-corrected chi connectivity index (χ4v) is 1.49. The molecule has 66 valence electrons. The minimum atomic E-state index is -0.414. The number of rotatable bonds is 0. The van der Waals surface area contributed by atoms with Gasteiger partial charge in [0.2, 0.25) is 0 Å². The molecule has 4 heteroatoms. The zero-order valence-electron chi connectivity index (χ0n) is 7.71. The number of Topliss-reactive ketones (excluding diaryl/α,β-unsaturated/α-hetero) is 1. The summed E-state index contributed by atoms with van der Waals surface area (Å²) in [7, 11) is 0. The van der Waals surface area contributed by atoms with Gasteiger partial charge in [0.25, 0.3) is 0 Å². The topological polar surface area (TPSA) is 40.1 Å². The molecule has 0 aromatic heterocycles. The third-order valence-electron chi connectivity index (χ3n) is 2.16. The first-order valence-electron chi connectivity index (χ1n) is 3.87. The van der Waals surface area contributed by atoms with E-state index in [2.05, 4.69) is 0 Å². The van der Waals surface area contributed by atoms with Crippen LogP contribution in [0.25, 0.3) is 0 Å². The standard InChI is InChI=1S/C10H7FO2.Na/c11-9-3-1-2-7-8(9)4-6(5-12)10(7)13;/h1-3,5,12H,4H2;/q;+1/p-1/b6-5-;. The summed E-state index contributed by atoms with van der Waals surface area (Å²) in [6.45, 7) is 0. The first kappa shape index (κ1) is 11.4. The molecule has 2 nitrogen and oxygen atoms in total. The van der Waals surface area contributed by atoms with Crippen molar-refractivity contribution in [2.75, 3.05) is 0 Å². The van der Waals surface area contributed by atoms with Crippen LogP contribution in [0.5, 0.6) is 0 Å². The maximum absolute atomic E-state index is 13.1. The zero-order chi connectivity index (χ0) is 9.42. The third kappa shape index (κ3) is 1.63. The minimum Gasteiger partial charge on any atom is -0.878 e. The van der Waals surface area contributed by atoms with Gasteiger partial charge in [-0.05, 0) is 11.6 Å². The number of benzene rings is 1. The molecule has 1 aliphatic rings. The molecule has 0 amide bonds. The Balaban J connectivity index is 0.000000980. The molecule has 1 aromatic rings. The van der Waals surface area contributed by atoms with Gasteiger partial charge >= 0.3 is 29.6 Å². The second-order valence-corrected chi connectivity index (χ2v) is 2.91. The number of hydrogen-bond acceptors (Lipinski definition) is 2. The van der Waals surface area contributed by atoms with Crippen LogP contribution in [0.4, 0.5) is 4.39 Å². The van der Waals surface area contributed by atoms with Gasteiger partial charge in [-0.2, -0.15) is 0 Å². The molecule has 1 aromatic carbocycles. The molecule has 2 rings (SSSR count). The van der Waals surface area contributed by atoms with Crippen LogP contribution in [-0.4, -0.2) is 5.78 Å². The second kappa shape index (κ2) is 4.26. The molecule has 0 atom stereocenters. The Morgan fingerprint density at radius 1 is 1.43 bits per heavy atom. The SMILES string of the molecule is O=C1/C(=C\[O-])Cc2c(F)cccc21.[Na+]. The Morgan fingerprint density at radius 2 is 2.14 bits per heavy atom. The maximum atomic E-state index is 13.1. The molecule has 0 heterocycles. The number of ketones is 1. The molecular formula is C10H6FNaO2. The third-order valence-corrected chi connectivity index (χ3v) is 2.16. The van der Waals surface area contributed by atoms with Crippen molar-refractivity contribution in [3.05, 3.63) is 47.0 Å². The van der Waals surface area contributed by atoms with E-state index in [0.717, 1.165) is 0 Å². The predicted molar refractivity (Wildman–Crippen MR) is 42.5 cm³/mol. The molecule has 0 N–H and O–H groups in total. The summed E-state index contributed by atoms with van der Waals surface area (Å²) in [5.74, 6) is -0.757. The van der Waals surface area contributed by atoms with E-state index in [9.17, 15) is 14.3 Å². The number of halogens is 1. The van der Waals surface area contributed by atoms with Crippen LogP contribution in [0.1, 0.15) is 15.9 Å². The van der Waals surface area contributed by atoms with Crippen LogP contribution in [0.2, 0.25) is 0 Å². The summed E-state index contributed by atoms with van der Waals surface area (Å²) >= 11 is 0. The van der Waals surface area contributed by atoms with E-state index in [4.69, 9.17) is 0 Å². The average Bonchev–Trinajstić information content (AvgIpc) is 2.45. The average molecular weight is 200 g/mol. The molecule has 14 heavy (non-hydrogen) atoms. The first-order valence-corrected chi connectivity index (χ1v) is 3.87. The van der Waals surface area contributed by atoms with E-state index in [1.807, 2.05) is 0 Å². The van der Waals surface area contributed by atoms with Gasteiger partial charge in [0, 0.05) is 17.5 Å². The van der Waals surface area contributed by atoms with Gasteiger partial charge < -0.3 is 5.11 Å². The Labute approximate surface area is 103 Å². The van der Waals surface area contributed by atoms with Crippen molar-refractivity contribution in [3.8, 4) is 0 Å². The summed E-state index contributed by atoms with van der Waals surface area (Å²) < 4.78 is 13.1. The Bertz CT molecular complexity index is 413. The molecule has 1 aliphatic carbocycles. The largest absolute Gasteiger partial charge is 1.00 e. The summed E-state index contributed by atoms with van der Waals surface area (Å²) in [6, 6.07) is 4.30. The quantitative estimate of drug-likeness (QED) is 0.271. The maximum Gasteiger partial charge on any atom is 1.00 e. The predicted octanol–water partition coefficient (Wildman–Crippen LogP) is -2.19. The molecule has 0 saturated carbocycles. The minimum absolute atomic E-state index is 0. The summed E-state index contributed by atoms with van der Waals surface area (Å²) in [5, 5.41) is 10.4. The molecular weight excluding hydrogens is 194 g/mol. The van der Waals surface area contributed by atoms with Crippen LogP contribution in [0.15, 0.2) is 30.0 Å². The summed E-state index contributed by atoms with van der Waals surface area (Å²) in [5.41, 5.74) is 0.803. The van der Waals surface area contributed by atoms with E-state index in [1.54, 1.807) is 0 Å². The van der Waals surface area contributed by atoms with Crippen molar-refractivity contribution in [3.63, 3.8) is 0 Å². The van der Waals surface area contributed by atoms with Crippen molar-refractivity contribution in [1.29, 1.82) is 0 Å². The second-order valence-electron chi connectivity index (χ2n) is 2.91. The number of fused-ring (bicyclic) bond motifs is 1.